The number of carbonyl (C=O) groups excluding carboxylic acids is 1. The molecular weight excluding hydrogens is 328 g/mol. The van der Waals surface area contributed by atoms with E-state index in [1.807, 2.05) is 13.8 Å². The molecule has 0 aliphatic carbocycles. The Hall–Kier alpha value is -2.72. The highest BCUT2D eigenvalue weighted by molar-refractivity contribution is 6.32. The van der Waals surface area contributed by atoms with Crippen molar-refractivity contribution >= 4 is 40.3 Å². The highest BCUT2D eigenvalue weighted by Crippen LogP contribution is 2.26. The highest BCUT2D eigenvalue weighted by Gasteiger charge is 2.10. The number of fused-ring (bicyclic) bond motifs is 1. The lowest BCUT2D eigenvalue weighted by molar-refractivity contribution is 0.250. The molecule has 1 aromatic heterocycles. The van der Waals surface area contributed by atoms with Gasteiger partial charge in [-0.2, -0.15) is 0 Å². The Bertz CT molecular complexity index is 812. The predicted octanol–water partition coefficient (Wildman–Crippen LogP) is 2.17. The molecule has 0 aliphatic heterocycles. The van der Waals surface area contributed by atoms with E-state index >= 15 is 0 Å². The van der Waals surface area contributed by atoms with Gasteiger partial charge in [0.15, 0.2) is 11.6 Å². The molecule has 8 heteroatoms. The van der Waals surface area contributed by atoms with Crippen LogP contribution in [-0.2, 0) is 0 Å². The smallest absolute Gasteiger partial charge is 0.312 e. The molecule has 1 aromatic carbocycles. The van der Waals surface area contributed by atoms with Crippen molar-refractivity contribution in [1.29, 1.82) is 0 Å². The van der Waals surface area contributed by atoms with Gasteiger partial charge in [0, 0.05) is 18.7 Å². The summed E-state index contributed by atoms with van der Waals surface area (Å²) in [4.78, 5) is 19.8. The van der Waals surface area contributed by atoms with Gasteiger partial charge < -0.3 is 21.7 Å². The van der Waals surface area contributed by atoms with E-state index in [0.29, 0.717) is 33.3 Å². The second-order valence-corrected chi connectivity index (χ2v) is 5.23. The van der Waals surface area contributed by atoms with Crippen LogP contribution in [0.15, 0.2) is 12.1 Å². The maximum absolute atomic E-state index is 10.6. The van der Waals surface area contributed by atoms with Crippen LogP contribution in [0.25, 0.3) is 11.0 Å². The number of rotatable bonds is 5. The number of nitrogens with one attached hydrogen (secondary N) is 3. The molecule has 1 heterocycles. The average Bonchev–Trinajstić information content (AvgIpc) is 2.53. The Kier molecular flexibility index (Phi) is 6.04. The molecule has 0 unspecified atom stereocenters. The zero-order valence-electron chi connectivity index (χ0n) is 13.5. The number of aromatic nitrogens is 2. The fraction of sp³-hybridized carbons (Fsp3) is 0.312. The first-order valence-corrected chi connectivity index (χ1v) is 7.94. The maximum Gasteiger partial charge on any atom is 0.312 e. The summed E-state index contributed by atoms with van der Waals surface area (Å²) in [7, 11) is 0. The van der Waals surface area contributed by atoms with Crippen LogP contribution in [0.5, 0.6) is 0 Å². The van der Waals surface area contributed by atoms with Gasteiger partial charge in [-0.1, -0.05) is 23.4 Å². The lowest BCUT2D eigenvalue weighted by Gasteiger charge is -2.11. The van der Waals surface area contributed by atoms with Crippen molar-refractivity contribution in [1.82, 2.24) is 15.3 Å². The highest BCUT2D eigenvalue weighted by atomic mass is 35.5. The second-order valence-electron chi connectivity index (χ2n) is 4.82. The SMILES string of the molecule is CCNc1nc2cc(Cl)c(C#CCNC(N)=O)cc2nc1NCC. The van der Waals surface area contributed by atoms with E-state index in [-0.39, 0.29) is 6.54 Å². The van der Waals surface area contributed by atoms with Crippen molar-refractivity contribution in [2.75, 3.05) is 30.3 Å². The number of halogens is 1. The monoisotopic (exact) mass is 346 g/mol. The topological polar surface area (TPSA) is 105 Å². The van der Waals surface area contributed by atoms with Crippen molar-refractivity contribution in [3.63, 3.8) is 0 Å². The number of nitrogens with zero attached hydrogens (tertiary/aromatic N) is 2. The van der Waals surface area contributed by atoms with Gasteiger partial charge in [0.25, 0.3) is 0 Å². The number of amides is 2. The van der Waals surface area contributed by atoms with Crippen LogP contribution in [0.1, 0.15) is 19.4 Å². The van der Waals surface area contributed by atoms with Gasteiger partial charge in [-0.3, -0.25) is 0 Å². The zero-order chi connectivity index (χ0) is 17.5. The summed E-state index contributed by atoms with van der Waals surface area (Å²) in [5.74, 6) is 7.05. The zero-order valence-corrected chi connectivity index (χ0v) is 14.3. The molecule has 24 heavy (non-hydrogen) atoms. The van der Waals surface area contributed by atoms with Crippen molar-refractivity contribution < 1.29 is 4.79 Å². The third-order valence-electron chi connectivity index (χ3n) is 3.02. The molecule has 0 saturated heterocycles. The standard InChI is InChI=1S/C16H19ClN6O/c1-3-19-14-15(20-4-2)23-13-9-11(17)10(8-12(13)22-14)6-5-7-21-16(18)24/h8-9H,3-4,7H2,1-2H3,(H,19,22)(H,20,23)(H3,18,21,24). The largest absolute Gasteiger partial charge is 0.367 e. The predicted molar refractivity (Wildman–Crippen MR) is 97.3 cm³/mol. The van der Waals surface area contributed by atoms with Crippen LogP contribution in [-0.4, -0.2) is 35.6 Å². The van der Waals surface area contributed by atoms with Gasteiger partial charge in [-0.15, -0.1) is 0 Å². The van der Waals surface area contributed by atoms with Crippen LogP contribution in [0.4, 0.5) is 16.4 Å². The Morgan fingerprint density at radius 2 is 1.75 bits per heavy atom. The molecule has 2 amide bonds. The first kappa shape index (κ1) is 17.6. The third kappa shape index (κ3) is 4.40. The van der Waals surface area contributed by atoms with Gasteiger partial charge in [-0.25, -0.2) is 14.8 Å². The summed E-state index contributed by atoms with van der Waals surface area (Å²) in [6.07, 6.45) is 0. The Morgan fingerprint density at radius 3 is 2.29 bits per heavy atom. The maximum atomic E-state index is 10.6. The summed E-state index contributed by atoms with van der Waals surface area (Å²) in [5, 5.41) is 9.24. The van der Waals surface area contributed by atoms with Gasteiger partial charge in [0.2, 0.25) is 0 Å². The van der Waals surface area contributed by atoms with Crippen molar-refractivity contribution in [3.05, 3.63) is 22.7 Å². The molecule has 7 nitrogen and oxygen atoms in total. The fourth-order valence-corrected chi connectivity index (χ4v) is 2.23. The first-order valence-electron chi connectivity index (χ1n) is 7.56. The summed E-state index contributed by atoms with van der Waals surface area (Å²) in [6, 6.07) is 2.89. The number of carbonyl (C=O) groups is 1. The summed E-state index contributed by atoms with van der Waals surface area (Å²) in [5.41, 5.74) is 6.96. The summed E-state index contributed by atoms with van der Waals surface area (Å²) >= 11 is 6.26. The number of nitrogens with two attached hydrogens (primary N) is 1. The normalized spacial score (nSPS) is 9.96. The van der Waals surface area contributed by atoms with Crippen LogP contribution < -0.4 is 21.7 Å². The molecule has 126 valence electrons. The van der Waals surface area contributed by atoms with E-state index < -0.39 is 6.03 Å². The van der Waals surface area contributed by atoms with E-state index in [2.05, 4.69) is 37.8 Å². The minimum absolute atomic E-state index is 0.150. The Morgan fingerprint density at radius 1 is 1.17 bits per heavy atom. The molecule has 0 bridgehead atoms. The van der Waals surface area contributed by atoms with Crippen LogP contribution in [0.3, 0.4) is 0 Å². The molecule has 0 aliphatic rings. The molecule has 0 saturated carbocycles. The third-order valence-corrected chi connectivity index (χ3v) is 3.33. The quantitative estimate of drug-likeness (QED) is 0.621. The molecule has 2 rings (SSSR count). The molecule has 0 fully saturated rings. The fourth-order valence-electron chi connectivity index (χ4n) is 2.03. The van der Waals surface area contributed by atoms with Gasteiger partial charge >= 0.3 is 6.03 Å². The molecule has 0 spiro atoms. The van der Waals surface area contributed by atoms with E-state index in [1.165, 1.54) is 0 Å². The molecule has 0 atom stereocenters. The van der Waals surface area contributed by atoms with E-state index in [0.717, 1.165) is 13.1 Å². The van der Waals surface area contributed by atoms with E-state index in [4.69, 9.17) is 17.3 Å². The number of hydrogen-bond donors (Lipinski definition) is 4. The van der Waals surface area contributed by atoms with Crippen LogP contribution in [0, 0.1) is 11.8 Å². The van der Waals surface area contributed by atoms with Gasteiger partial charge in [0.05, 0.1) is 22.6 Å². The molecule has 5 N–H and O–H groups in total. The number of anilines is 2. The van der Waals surface area contributed by atoms with Gasteiger partial charge in [0.1, 0.15) is 0 Å². The summed E-state index contributed by atoms with van der Waals surface area (Å²) < 4.78 is 0. The Balaban J connectivity index is 2.40. The summed E-state index contributed by atoms with van der Waals surface area (Å²) in [6.45, 7) is 5.61. The second kappa shape index (κ2) is 8.22. The average molecular weight is 347 g/mol. The van der Waals surface area contributed by atoms with Crippen molar-refractivity contribution in [3.8, 4) is 11.8 Å². The van der Waals surface area contributed by atoms with Gasteiger partial charge in [-0.05, 0) is 26.0 Å². The van der Waals surface area contributed by atoms with E-state index in [9.17, 15) is 4.79 Å². The van der Waals surface area contributed by atoms with Crippen molar-refractivity contribution in [2.45, 2.75) is 13.8 Å². The number of primary amides is 1. The van der Waals surface area contributed by atoms with Crippen LogP contribution in [0.2, 0.25) is 5.02 Å². The number of hydrogen-bond acceptors (Lipinski definition) is 5. The first-order chi connectivity index (χ1) is 11.5. The van der Waals surface area contributed by atoms with E-state index in [1.54, 1.807) is 12.1 Å². The van der Waals surface area contributed by atoms with Crippen molar-refractivity contribution in [2.24, 2.45) is 5.73 Å². The molecule has 2 aromatic rings. The minimum atomic E-state index is -0.619. The van der Waals surface area contributed by atoms with Crippen LogP contribution >= 0.6 is 11.6 Å². The minimum Gasteiger partial charge on any atom is -0.367 e. The molecule has 0 radical (unpaired) electrons. The number of benzene rings is 1. The molecular formula is C16H19ClN6O. The lowest BCUT2D eigenvalue weighted by Crippen LogP contribution is -2.29. The lowest BCUT2D eigenvalue weighted by atomic mass is 10.2. The number of urea groups is 1. The Labute approximate surface area is 145 Å².